The highest BCUT2D eigenvalue weighted by Crippen LogP contribution is 2.10. The van der Waals surface area contributed by atoms with Gasteiger partial charge in [0.05, 0.1) is 0 Å². The molecule has 0 amide bonds. The van der Waals surface area contributed by atoms with Crippen LogP contribution in [0, 0.1) is 13.8 Å². The molecule has 0 aliphatic carbocycles. The molecule has 0 saturated carbocycles. The van der Waals surface area contributed by atoms with Crippen molar-refractivity contribution in [1.29, 1.82) is 0 Å². The van der Waals surface area contributed by atoms with Crippen LogP contribution in [-0.4, -0.2) is 19.9 Å². The van der Waals surface area contributed by atoms with Crippen LogP contribution in [0.25, 0.3) is 0 Å². The van der Waals surface area contributed by atoms with E-state index in [1.807, 2.05) is 0 Å². The van der Waals surface area contributed by atoms with Gasteiger partial charge in [0.25, 0.3) is 0 Å². The van der Waals surface area contributed by atoms with Crippen LogP contribution >= 0.6 is 0 Å². The van der Waals surface area contributed by atoms with Crippen LogP contribution in [-0.2, 0) is 10.8 Å². The summed E-state index contributed by atoms with van der Waals surface area (Å²) in [5.41, 5.74) is 1.08. The number of aryl methyl sites for hydroxylation is 2. The molecule has 0 N–H and O–H groups in total. The lowest BCUT2D eigenvalue weighted by atomic mass is 10.4. The van der Waals surface area contributed by atoms with Gasteiger partial charge >= 0.3 is 5.76 Å². The number of aromatic nitrogens is 2. The molecule has 0 bridgehead atoms. The molecule has 1 aromatic rings. The summed E-state index contributed by atoms with van der Waals surface area (Å²) in [6, 6.07) is 1.63. The van der Waals surface area contributed by atoms with Gasteiger partial charge in [-0.1, -0.05) is 0 Å². The summed E-state index contributed by atoms with van der Waals surface area (Å²) in [6.45, 7) is 3.28. The summed E-state index contributed by atoms with van der Waals surface area (Å²) in [6.07, 6.45) is 0. The highest BCUT2D eigenvalue weighted by Gasteiger charge is 2.18. The molecule has 0 fully saturated rings. The number of alkyl halides is 2. The van der Waals surface area contributed by atoms with Gasteiger partial charge in [0.2, 0.25) is 5.16 Å². The molecule has 6 heteroatoms. The van der Waals surface area contributed by atoms with Crippen molar-refractivity contribution in [2.45, 2.75) is 24.8 Å². The highest BCUT2D eigenvalue weighted by atomic mass is 32.2. The minimum atomic E-state index is -2.93. The average Bonchev–Trinajstić information content (AvgIpc) is 2.01. The zero-order chi connectivity index (χ0) is 10.0. The normalized spacial score (nSPS) is 13.3. The van der Waals surface area contributed by atoms with Gasteiger partial charge in [0.1, 0.15) is 0 Å². The van der Waals surface area contributed by atoms with Crippen LogP contribution in [0.4, 0.5) is 8.78 Å². The van der Waals surface area contributed by atoms with Crippen LogP contribution in [0.2, 0.25) is 0 Å². The lowest BCUT2D eigenvalue weighted by Gasteiger charge is -2.01. The Morgan fingerprint density at radius 1 is 1.31 bits per heavy atom. The fraction of sp³-hybridized carbons (Fsp3) is 0.429. The van der Waals surface area contributed by atoms with Crippen molar-refractivity contribution in [2.75, 3.05) is 0 Å². The number of rotatable bonds is 2. The molecule has 3 nitrogen and oxygen atoms in total. The van der Waals surface area contributed by atoms with E-state index in [1.165, 1.54) is 0 Å². The second-order valence-electron chi connectivity index (χ2n) is 2.49. The Morgan fingerprint density at radius 3 is 2.15 bits per heavy atom. The van der Waals surface area contributed by atoms with Gasteiger partial charge < -0.3 is 0 Å². The van der Waals surface area contributed by atoms with Crippen LogP contribution in [0.3, 0.4) is 0 Å². The van der Waals surface area contributed by atoms with E-state index in [2.05, 4.69) is 9.97 Å². The molecular weight excluding hydrogens is 198 g/mol. The molecule has 13 heavy (non-hydrogen) atoms. The molecule has 1 aromatic heterocycles. The second-order valence-corrected chi connectivity index (χ2v) is 3.81. The van der Waals surface area contributed by atoms with E-state index >= 15 is 0 Å². The summed E-state index contributed by atoms with van der Waals surface area (Å²) in [4.78, 5) is 7.33. The van der Waals surface area contributed by atoms with E-state index in [-0.39, 0.29) is 5.16 Å². The molecule has 0 radical (unpaired) electrons. The van der Waals surface area contributed by atoms with Crippen molar-refractivity contribution >= 4 is 10.8 Å². The lowest BCUT2D eigenvalue weighted by Crippen LogP contribution is -2.08. The van der Waals surface area contributed by atoms with Gasteiger partial charge in [-0.3, -0.25) is 0 Å². The Labute approximate surface area is 76.7 Å². The molecule has 0 aliphatic rings. The molecule has 0 unspecified atom stereocenters. The van der Waals surface area contributed by atoms with E-state index in [1.54, 1.807) is 19.9 Å². The van der Waals surface area contributed by atoms with E-state index in [4.69, 9.17) is 0 Å². The van der Waals surface area contributed by atoms with Crippen LogP contribution in [0.15, 0.2) is 11.2 Å². The predicted octanol–water partition coefficient (Wildman–Crippen LogP) is 1.42. The third kappa shape index (κ3) is 2.51. The lowest BCUT2D eigenvalue weighted by molar-refractivity contribution is 0.243. The van der Waals surface area contributed by atoms with E-state index in [0.29, 0.717) is 11.4 Å². The summed E-state index contributed by atoms with van der Waals surface area (Å²) in [7, 11) is -2.41. The fourth-order valence-corrected chi connectivity index (χ4v) is 1.49. The van der Waals surface area contributed by atoms with Crippen molar-refractivity contribution in [3.63, 3.8) is 0 Å². The fourth-order valence-electron chi connectivity index (χ4n) is 0.863. The molecular formula is C7H8F2N2OS. The molecule has 0 aliphatic heterocycles. The minimum absolute atomic E-state index is 0.299. The van der Waals surface area contributed by atoms with Crippen LogP contribution in [0.5, 0.6) is 0 Å². The first-order valence-electron chi connectivity index (χ1n) is 3.51. The first kappa shape index (κ1) is 10.2. The Balaban J connectivity index is 3.08. The van der Waals surface area contributed by atoms with Crippen molar-refractivity contribution < 1.29 is 13.0 Å². The Hall–Kier alpha value is -0.910. The van der Waals surface area contributed by atoms with Crippen molar-refractivity contribution in [1.82, 2.24) is 9.97 Å². The topological polar surface area (TPSA) is 42.9 Å². The minimum Gasteiger partial charge on any atom is -0.245 e. The predicted molar refractivity (Wildman–Crippen MR) is 43.9 cm³/mol. The van der Waals surface area contributed by atoms with E-state index in [0.717, 1.165) is 0 Å². The Bertz CT molecular complexity index is 323. The summed E-state index contributed by atoms with van der Waals surface area (Å²) < 4.78 is 34.9. The SMILES string of the molecule is Cc1cc(C)nc([S@](=O)C(F)F)n1. The molecule has 1 rings (SSSR count). The first-order chi connectivity index (χ1) is 6.00. The molecule has 0 aromatic carbocycles. The van der Waals surface area contributed by atoms with Crippen molar-refractivity contribution in [3.8, 4) is 0 Å². The Kier molecular flexibility index (Phi) is 3.02. The number of hydrogen-bond acceptors (Lipinski definition) is 3. The van der Waals surface area contributed by atoms with Crippen molar-refractivity contribution in [2.24, 2.45) is 0 Å². The molecule has 1 heterocycles. The maximum absolute atomic E-state index is 12.0. The quantitative estimate of drug-likeness (QED) is 0.687. The van der Waals surface area contributed by atoms with Crippen molar-refractivity contribution in [3.05, 3.63) is 17.5 Å². The van der Waals surface area contributed by atoms with Gasteiger partial charge in [0, 0.05) is 11.4 Å². The standard InChI is InChI=1S/C7H8F2N2OS/c1-4-3-5(2)11-7(10-4)13(12)6(8)9/h3,6H,1-2H3/t13-/m1/s1. The van der Waals surface area contributed by atoms with E-state index < -0.39 is 16.6 Å². The third-order valence-electron chi connectivity index (χ3n) is 1.30. The second kappa shape index (κ2) is 3.87. The largest absolute Gasteiger partial charge is 0.319 e. The van der Waals surface area contributed by atoms with Gasteiger partial charge in [-0.25, -0.2) is 14.2 Å². The molecule has 0 spiro atoms. The summed E-state index contributed by atoms with van der Waals surface area (Å²) >= 11 is 0. The zero-order valence-corrected chi connectivity index (χ0v) is 7.94. The average molecular weight is 206 g/mol. The van der Waals surface area contributed by atoms with Gasteiger partial charge in [-0.15, -0.1) is 0 Å². The van der Waals surface area contributed by atoms with Crippen LogP contribution < -0.4 is 0 Å². The maximum Gasteiger partial charge on any atom is 0.319 e. The maximum atomic E-state index is 12.0. The smallest absolute Gasteiger partial charge is 0.245 e. The highest BCUT2D eigenvalue weighted by molar-refractivity contribution is 7.85. The zero-order valence-electron chi connectivity index (χ0n) is 7.12. The van der Waals surface area contributed by atoms with Gasteiger partial charge in [-0.05, 0) is 19.9 Å². The molecule has 72 valence electrons. The number of nitrogens with zero attached hydrogens (tertiary/aromatic N) is 2. The van der Waals surface area contributed by atoms with Gasteiger partial charge in [-0.2, -0.15) is 8.78 Å². The summed E-state index contributed by atoms with van der Waals surface area (Å²) in [5.74, 6) is -2.93. The first-order valence-corrected chi connectivity index (χ1v) is 4.73. The van der Waals surface area contributed by atoms with E-state index in [9.17, 15) is 13.0 Å². The third-order valence-corrected chi connectivity index (χ3v) is 2.17. The Morgan fingerprint density at radius 2 is 1.77 bits per heavy atom. The van der Waals surface area contributed by atoms with Crippen LogP contribution in [0.1, 0.15) is 11.4 Å². The summed E-state index contributed by atoms with van der Waals surface area (Å²) in [5, 5.41) is -0.299. The number of hydrogen-bond donors (Lipinski definition) is 0. The molecule has 0 saturated heterocycles. The monoisotopic (exact) mass is 206 g/mol. The van der Waals surface area contributed by atoms with Gasteiger partial charge in [0.15, 0.2) is 10.8 Å². The molecule has 1 atom stereocenters. The number of halogens is 2.